The van der Waals surface area contributed by atoms with Crippen molar-refractivity contribution in [2.24, 2.45) is 0 Å². The lowest BCUT2D eigenvalue weighted by Gasteiger charge is -2.25. The van der Waals surface area contributed by atoms with E-state index in [0.717, 1.165) is 25.1 Å². The summed E-state index contributed by atoms with van der Waals surface area (Å²) in [5.74, 6) is 0. The van der Waals surface area contributed by atoms with Gasteiger partial charge in [0.05, 0.1) is 11.7 Å². The van der Waals surface area contributed by atoms with Crippen LogP contribution in [0.1, 0.15) is 53.5 Å². The van der Waals surface area contributed by atoms with Gasteiger partial charge in [-0.1, -0.05) is 30.3 Å². The number of ether oxygens (including phenoxy) is 2. The van der Waals surface area contributed by atoms with E-state index in [2.05, 4.69) is 0 Å². The second-order valence-electron chi connectivity index (χ2n) is 5.41. The first-order valence-electron chi connectivity index (χ1n) is 8.34. The van der Waals surface area contributed by atoms with Crippen LogP contribution in [0.25, 0.3) is 0 Å². The number of aliphatic hydroxyl groups excluding tert-OH is 1. The Morgan fingerprint density at radius 2 is 1.54 bits per heavy atom. The minimum Gasteiger partial charge on any atom is -0.393 e. The second kappa shape index (κ2) is 15.3. The maximum absolute atomic E-state index is 10.00. The number of rotatable bonds is 7. The van der Waals surface area contributed by atoms with Crippen LogP contribution in [0.2, 0.25) is 0 Å². The van der Waals surface area contributed by atoms with E-state index in [1.165, 1.54) is 6.92 Å². The van der Waals surface area contributed by atoms with E-state index in [-0.39, 0.29) is 6.29 Å². The van der Waals surface area contributed by atoms with Crippen LogP contribution in [-0.2, 0) is 19.9 Å². The fourth-order valence-electron chi connectivity index (χ4n) is 2.01. The van der Waals surface area contributed by atoms with Crippen LogP contribution < -0.4 is 0 Å². The van der Waals surface area contributed by atoms with Gasteiger partial charge in [0.25, 0.3) is 0 Å². The molecule has 0 amide bonds. The highest BCUT2D eigenvalue weighted by atomic mass is 16.7. The van der Waals surface area contributed by atoms with E-state index in [4.69, 9.17) is 14.3 Å². The van der Waals surface area contributed by atoms with Gasteiger partial charge in [-0.2, -0.15) is 0 Å². The molecule has 0 aliphatic rings. The van der Waals surface area contributed by atoms with Crippen LogP contribution in [0, 0.1) is 0 Å². The summed E-state index contributed by atoms with van der Waals surface area (Å²) in [6.45, 7) is 12.1. The van der Waals surface area contributed by atoms with E-state index in [1.807, 2.05) is 51.1 Å². The molecule has 140 valence electrons. The van der Waals surface area contributed by atoms with Gasteiger partial charge in [-0.3, -0.25) is 0 Å². The third-order valence-electron chi connectivity index (χ3n) is 2.89. The van der Waals surface area contributed by atoms with Gasteiger partial charge >= 0.3 is 0 Å². The van der Waals surface area contributed by atoms with Gasteiger partial charge in [0.2, 0.25) is 0 Å². The zero-order chi connectivity index (χ0) is 19.0. The van der Waals surface area contributed by atoms with Gasteiger partial charge in [-0.05, 0) is 47.1 Å². The molecule has 0 aromatic heterocycles. The predicted molar refractivity (Wildman–Crippen MR) is 96.8 cm³/mol. The summed E-state index contributed by atoms with van der Waals surface area (Å²) < 4.78 is 10.1. The Labute approximate surface area is 146 Å². The second-order valence-corrected chi connectivity index (χ2v) is 5.41. The molecule has 2 N–H and O–H groups in total. The lowest BCUT2D eigenvalue weighted by atomic mass is 9.90. The molecule has 0 spiro atoms. The van der Waals surface area contributed by atoms with E-state index in [1.54, 1.807) is 13.8 Å². The molecule has 5 nitrogen and oxygen atoms in total. The number of benzene rings is 1. The molecule has 0 saturated heterocycles. The monoisotopic (exact) mass is 342 g/mol. The van der Waals surface area contributed by atoms with Crippen molar-refractivity contribution in [3.8, 4) is 0 Å². The van der Waals surface area contributed by atoms with Crippen molar-refractivity contribution in [2.75, 3.05) is 13.2 Å². The van der Waals surface area contributed by atoms with Crippen molar-refractivity contribution in [1.82, 2.24) is 0 Å². The summed E-state index contributed by atoms with van der Waals surface area (Å²) in [6.07, 6.45) is 0.581. The number of carbonyl (C=O) groups is 1. The Morgan fingerprint density at radius 1 is 1.12 bits per heavy atom. The standard InChI is InChI=1S/C11H16O2.C6H14O2.C2H4O/c1-9(12)8-11(2,13)10-6-4-3-5-7-10;1-4-7-6(3)8-5-2;1-2-3/h3-7,9,12-13H,8H2,1-2H3;6H,4-5H2,1-3H3;2H,1H3. The number of aldehydes is 1. The van der Waals surface area contributed by atoms with E-state index in [0.29, 0.717) is 6.42 Å². The topological polar surface area (TPSA) is 76.0 Å². The third kappa shape index (κ3) is 14.3. The Hall–Kier alpha value is -1.27. The van der Waals surface area contributed by atoms with Crippen molar-refractivity contribution in [3.63, 3.8) is 0 Å². The smallest absolute Gasteiger partial charge is 0.154 e. The van der Waals surface area contributed by atoms with E-state index >= 15 is 0 Å². The molecule has 0 heterocycles. The van der Waals surface area contributed by atoms with Gasteiger partial charge < -0.3 is 24.5 Å². The average Bonchev–Trinajstić information content (AvgIpc) is 2.49. The van der Waals surface area contributed by atoms with Crippen molar-refractivity contribution >= 4 is 6.29 Å². The first-order chi connectivity index (χ1) is 11.2. The molecule has 5 heteroatoms. The van der Waals surface area contributed by atoms with Crippen LogP contribution >= 0.6 is 0 Å². The molecule has 2 unspecified atom stereocenters. The molecule has 2 atom stereocenters. The molecule has 1 aromatic carbocycles. The molecule has 0 aliphatic heterocycles. The summed E-state index contributed by atoms with van der Waals surface area (Å²) in [6, 6.07) is 9.39. The number of hydrogen-bond acceptors (Lipinski definition) is 5. The first kappa shape index (κ1) is 25.0. The molecule has 0 fully saturated rings. The van der Waals surface area contributed by atoms with Crippen LogP contribution in [0.15, 0.2) is 30.3 Å². The average molecular weight is 342 g/mol. The number of carbonyl (C=O) groups excluding carboxylic acids is 1. The Bertz CT molecular complexity index is 384. The van der Waals surface area contributed by atoms with Gasteiger partial charge in [0, 0.05) is 19.6 Å². The van der Waals surface area contributed by atoms with Crippen LogP contribution in [0.3, 0.4) is 0 Å². The Balaban J connectivity index is 0. The minimum absolute atomic E-state index is 0.0370. The summed E-state index contributed by atoms with van der Waals surface area (Å²) in [4.78, 5) is 8.81. The molecule has 1 rings (SSSR count). The molecule has 0 bridgehead atoms. The zero-order valence-electron chi connectivity index (χ0n) is 15.9. The molecular formula is C19H34O5. The van der Waals surface area contributed by atoms with Crippen molar-refractivity contribution in [2.45, 2.75) is 66.0 Å². The number of aliphatic hydroxyl groups is 2. The van der Waals surface area contributed by atoms with Gasteiger partial charge in [0.15, 0.2) is 6.29 Å². The lowest BCUT2D eigenvalue weighted by Crippen LogP contribution is -2.25. The molecule has 24 heavy (non-hydrogen) atoms. The lowest BCUT2D eigenvalue weighted by molar-refractivity contribution is -0.123. The van der Waals surface area contributed by atoms with Crippen molar-refractivity contribution in [3.05, 3.63) is 35.9 Å². The summed E-state index contributed by atoms with van der Waals surface area (Å²) in [5, 5.41) is 19.2. The van der Waals surface area contributed by atoms with Gasteiger partial charge in [-0.15, -0.1) is 0 Å². The number of hydrogen-bond donors (Lipinski definition) is 2. The largest absolute Gasteiger partial charge is 0.393 e. The highest BCUT2D eigenvalue weighted by Crippen LogP contribution is 2.25. The molecular weight excluding hydrogens is 308 g/mol. The summed E-state index contributed by atoms with van der Waals surface area (Å²) in [5.41, 5.74) is -0.0917. The predicted octanol–water partition coefficient (Wildman–Crippen LogP) is 3.28. The highest BCUT2D eigenvalue weighted by molar-refractivity contribution is 5.44. The fourth-order valence-corrected chi connectivity index (χ4v) is 2.01. The summed E-state index contributed by atoms with van der Waals surface area (Å²) in [7, 11) is 0. The van der Waals surface area contributed by atoms with Crippen LogP contribution in [-0.4, -0.2) is 42.1 Å². The van der Waals surface area contributed by atoms with E-state index in [9.17, 15) is 10.2 Å². The SMILES string of the molecule is CC(O)CC(C)(O)c1ccccc1.CC=O.CCOC(C)OCC. The molecule has 0 saturated carbocycles. The highest BCUT2D eigenvalue weighted by Gasteiger charge is 2.24. The van der Waals surface area contributed by atoms with Crippen LogP contribution in [0.4, 0.5) is 0 Å². The van der Waals surface area contributed by atoms with Gasteiger partial charge in [0.1, 0.15) is 6.29 Å². The fraction of sp³-hybridized carbons (Fsp3) is 0.632. The molecule has 0 radical (unpaired) electrons. The molecule has 0 aliphatic carbocycles. The van der Waals surface area contributed by atoms with E-state index < -0.39 is 11.7 Å². The Morgan fingerprint density at radius 3 is 1.88 bits per heavy atom. The maximum Gasteiger partial charge on any atom is 0.154 e. The third-order valence-corrected chi connectivity index (χ3v) is 2.89. The maximum atomic E-state index is 10.00. The first-order valence-corrected chi connectivity index (χ1v) is 8.34. The molecule has 1 aromatic rings. The minimum atomic E-state index is -0.935. The van der Waals surface area contributed by atoms with Crippen molar-refractivity contribution < 1.29 is 24.5 Å². The normalized spacial score (nSPS) is 13.7. The summed E-state index contributed by atoms with van der Waals surface area (Å²) >= 11 is 0. The zero-order valence-corrected chi connectivity index (χ0v) is 15.9. The van der Waals surface area contributed by atoms with Crippen molar-refractivity contribution in [1.29, 1.82) is 0 Å². The van der Waals surface area contributed by atoms with Gasteiger partial charge in [-0.25, -0.2) is 0 Å². The Kier molecular flexibility index (Phi) is 15.9. The quantitative estimate of drug-likeness (QED) is 0.587. The van der Waals surface area contributed by atoms with Crippen LogP contribution in [0.5, 0.6) is 0 Å².